The van der Waals surface area contributed by atoms with E-state index in [1.54, 1.807) is 6.20 Å². The molecule has 0 aliphatic carbocycles. The molecule has 39 heavy (non-hydrogen) atoms. The number of allylic oxidation sites excluding steroid dienone is 2. The maximum atomic E-state index is 13.7. The van der Waals surface area contributed by atoms with Crippen LogP contribution in [0.3, 0.4) is 0 Å². The largest absolute Gasteiger partial charge is 0.444 e. The number of aryl methyl sites for hydroxylation is 1. The quantitative estimate of drug-likeness (QED) is 0.312. The summed E-state index contributed by atoms with van der Waals surface area (Å²) in [6.45, 7) is 12.2. The summed E-state index contributed by atoms with van der Waals surface area (Å²) in [6, 6.07) is 10.3. The number of fused-ring (bicyclic) bond motifs is 1. The average molecular weight is 547 g/mol. The molecule has 0 spiro atoms. The SMILES string of the molecule is CCCc1ccc2c(c1)c(C1=CC=CNC1C)c(C(=O)SCC)n2Cc1ccnc(NC(=O)OC(C)(C)C)c1. The molecule has 0 saturated heterocycles. The maximum absolute atomic E-state index is 13.7. The summed E-state index contributed by atoms with van der Waals surface area (Å²) in [5.41, 5.74) is 5.34. The molecule has 1 amide bonds. The molecule has 0 saturated carbocycles. The molecule has 0 radical (unpaired) electrons. The van der Waals surface area contributed by atoms with Gasteiger partial charge >= 0.3 is 6.09 Å². The van der Waals surface area contributed by atoms with Crippen LogP contribution in [-0.4, -0.2) is 38.2 Å². The third-order valence-electron chi connectivity index (χ3n) is 6.40. The Kier molecular flexibility index (Phi) is 8.85. The number of carbonyl (C=O) groups excluding carboxylic acids is 2. The van der Waals surface area contributed by atoms with E-state index < -0.39 is 11.7 Å². The lowest BCUT2D eigenvalue weighted by molar-refractivity contribution is 0.0635. The van der Waals surface area contributed by atoms with Crippen molar-refractivity contribution in [1.82, 2.24) is 14.9 Å². The van der Waals surface area contributed by atoms with Crippen LogP contribution < -0.4 is 10.6 Å². The van der Waals surface area contributed by atoms with Crippen LogP contribution in [0.1, 0.15) is 75.1 Å². The lowest BCUT2D eigenvalue weighted by atomic mass is 9.94. The molecule has 1 atom stereocenters. The topological polar surface area (TPSA) is 85.3 Å². The number of anilines is 1. The molecule has 3 aromatic rings. The number of ether oxygens (including phenoxy) is 1. The number of carbonyl (C=O) groups is 2. The summed E-state index contributed by atoms with van der Waals surface area (Å²) in [4.78, 5) is 30.4. The van der Waals surface area contributed by atoms with Gasteiger partial charge in [-0.1, -0.05) is 44.2 Å². The Balaban J connectivity index is 1.85. The molecular formula is C31H38N4O3S. The van der Waals surface area contributed by atoms with Crippen molar-refractivity contribution in [3.05, 3.63) is 77.3 Å². The number of nitrogens with one attached hydrogen (secondary N) is 2. The summed E-state index contributed by atoms with van der Waals surface area (Å²) in [5, 5.41) is 7.25. The van der Waals surface area contributed by atoms with E-state index in [0.717, 1.165) is 40.4 Å². The van der Waals surface area contributed by atoms with Crippen molar-refractivity contribution in [2.45, 2.75) is 72.6 Å². The first-order valence-corrected chi connectivity index (χ1v) is 14.5. The van der Waals surface area contributed by atoms with E-state index in [2.05, 4.69) is 58.3 Å². The highest BCUT2D eigenvalue weighted by Gasteiger charge is 2.28. The smallest absolute Gasteiger partial charge is 0.413 e. The zero-order chi connectivity index (χ0) is 28.2. The van der Waals surface area contributed by atoms with E-state index in [0.29, 0.717) is 23.8 Å². The number of amides is 1. The number of hydrogen-bond donors (Lipinski definition) is 2. The number of aromatic nitrogens is 2. The Morgan fingerprint density at radius 2 is 1.95 bits per heavy atom. The molecule has 8 heteroatoms. The number of rotatable bonds is 8. The van der Waals surface area contributed by atoms with Crippen molar-refractivity contribution in [3.8, 4) is 0 Å². The van der Waals surface area contributed by atoms with Gasteiger partial charge in [0, 0.05) is 35.2 Å². The summed E-state index contributed by atoms with van der Waals surface area (Å²) in [6.07, 6.45) is 9.17. The van der Waals surface area contributed by atoms with Crippen LogP contribution in [0.5, 0.6) is 0 Å². The van der Waals surface area contributed by atoms with Crippen molar-refractivity contribution < 1.29 is 14.3 Å². The molecule has 7 nitrogen and oxygen atoms in total. The molecule has 2 aromatic heterocycles. The fourth-order valence-electron chi connectivity index (χ4n) is 4.83. The van der Waals surface area contributed by atoms with Crippen LogP contribution in [0.25, 0.3) is 16.5 Å². The molecule has 1 aromatic carbocycles. The minimum absolute atomic E-state index is 0.0459. The fourth-order valence-corrected chi connectivity index (χ4v) is 5.44. The lowest BCUT2D eigenvalue weighted by Crippen LogP contribution is -2.27. The van der Waals surface area contributed by atoms with Gasteiger partial charge < -0.3 is 14.6 Å². The second kappa shape index (κ2) is 12.1. The number of dihydropyridines is 1. The lowest BCUT2D eigenvalue weighted by Gasteiger charge is -2.21. The van der Waals surface area contributed by atoms with E-state index in [9.17, 15) is 9.59 Å². The number of pyridine rings is 1. The van der Waals surface area contributed by atoms with Gasteiger partial charge in [0.15, 0.2) is 0 Å². The van der Waals surface area contributed by atoms with Gasteiger partial charge in [0.05, 0.1) is 0 Å². The minimum atomic E-state index is -0.611. The average Bonchev–Trinajstić information content (AvgIpc) is 3.17. The number of thioether (sulfide) groups is 1. The third-order valence-corrected chi connectivity index (χ3v) is 7.15. The van der Waals surface area contributed by atoms with Gasteiger partial charge in [-0.05, 0) is 93.1 Å². The molecule has 4 rings (SSSR count). The molecule has 0 fully saturated rings. The molecule has 1 unspecified atom stereocenters. The van der Waals surface area contributed by atoms with E-state index in [1.807, 2.05) is 52.1 Å². The van der Waals surface area contributed by atoms with E-state index >= 15 is 0 Å². The predicted molar refractivity (Wildman–Crippen MR) is 161 cm³/mol. The van der Waals surface area contributed by atoms with Gasteiger partial charge in [-0.25, -0.2) is 9.78 Å². The normalized spacial score (nSPS) is 15.1. The van der Waals surface area contributed by atoms with Gasteiger partial charge in [0.1, 0.15) is 17.1 Å². The van der Waals surface area contributed by atoms with Crippen LogP contribution in [-0.2, 0) is 17.7 Å². The summed E-state index contributed by atoms with van der Waals surface area (Å²) in [5.74, 6) is 1.09. The zero-order valence-corrected chi connectivity index (χ0v) is 24.4. The van der Waals surface area contributed by atoms with Crippen LogP contribution in [0, 0.1) is 0 Å². The molecular weight excluding hydrogens is 508 g/mol. The second-order valence-corrected chi connectivity index (χ2v) is 11.9. The monoisotopic (exact) mass is 546 g/mol. The highest BCUT2D eigenvalue weighted by molar-refractivity contribution is 8.14. The fraction of sp³-hybridized carbons (Fsp3) is 0.387. The maximum Gasteiger partial charge on any atom is 0.413 e. The molecule has 2 N–H and O–H groups in total. The molecule has 3 heterocycles. The van der Waals surface area contributed by atoms with Crippen LogP contribution in [0.15, 0.2) is 54.9 Å². The molecule has 1 aliphatic rings. The van der Waals surface area contributed by atoms with Crippen molar-refractivity contribution in [1.29, 1.82) is 0 Å². The first-order chi connectivity index (χ1) is 18.6. The van der Waals surface area contributed by atoms with Crippen molar-refractivity contribution in [2.75, 3.05) is 11.1 Å². The van der Waals surface area contributed by atoms with Crippen LogP contribution in [0.2, 0.25) is 0 Å². The first kappa shape index (κ1) is 28.5. The standard InChI is InChI=1S/C31H38N4O3S/c1-7-10-21-12-13-25-24(17-21)27(23-11-9-15-32-20(23)3)28(29(36)39-8-2)35(25)19-22-14-16-33-26(18-22)34-30(37)38-31(4,5)6/h9,11-18,20,32H,7-8,10,19H2,1-6H3,(H,33,34,37). The Bertz CT molecular complexity index is 1430. The van der Waals surface area contributed by atoms with Crippen molar-refractivity contribution in [3.63, 3.8) is 0 Å². The van der Waals surface area contributed by atoms with E-state index in [-0.39, 0.29) is 11.2 Å². The Hall–Kier alpha value is -3.52. The van der Waals surface area contributed by atoms with Crippen molar-refractivity contribution >= 4 is 45.3 Å². The van der Waals surface area contributed by atoms with Gasteiger partial charge in [-0.3, -0.25) is 10.1 Å². The Morgan fingerprint density at radius 3 is 2.64 bits per heavy atom. The molecule has 0 bridgehead atoms. The highest BCUT2D eigenvalue weighted by atomic mass is 32.2. The molecule has 206 valence electrons. The van der Waals surface area contributed by atoms with Gasteiger partial charge in [-0.2, -0.15) is 0 Å². The van der Waals surface area contributed by atoms with Crippen LogP contribution >= 0.6 is 11.8 Å². The summed E-state index contributed by atoms with van der Waals surface area (Å²) >= 11 is 1.32. The third kappa shape index (κ3) is 6.74. The zero-order valence-electron chi connectivity index (χ0n) is 23.6. The number of benzene rings is 1. The van der Waals surface area contributed by atoms with Gasteiger partial charge in [0.2, 0.25) is 5.12 Å². The highest BCUT2D eigenvalue weighted by Crippen LogP contribution is 2.37. The molecule has 1 aliphatic heterocycles. The Morgan fingerprint density at radius 1 is 1.15 bits per heavy atom. The van der Waals surface area contributed by atoms with Gasteiger partial charge in [0.25, 0.3) is 0 Å². The minimum Gasteiger partial charge on any atom is -0.444 e. The summed E-state index contributed by atoms with van der Waals surface area (Å²) in [7, 11) is 0. The van der Waals surface area contributed by atoms with E-state index in [4.69, 9.17) is 4.74 Å². The van der Waals surface area contributed by atoms with Crippen LogP contribution in [0.4, 0.5) is 10.6 Å². The number of nitrogens with zero attached hydrogens (tertiary/aromatic N) is 2. The second-order valence-electron chi connectivity index (χ2n) is 10.7. The first-order valence-electron chi connectivity index (χ1n) is 13.5. The number of hydrogen-bond acceptors (Lipinski definition) is 6. The predicted octanol–water partition coefficient (Wildman–Crippen LogP) is 7.17. The van der Waals surface area contributed by atoms with E-state index in [1.165, 1.54) is 17.3 Å². The van der Waals surface area contributed by atoms with Gasteiger partial charge in [-0.15, -0.1) is 0 Å². The Labute approximate surface area is 235 Å². The van der Waals surface area contributed by atoms with Crippen molar-refractivity contribution in [2.24, 2.45) is 0 Å². The summed E-state index contributed by atoms with van der Waals surface area (Å²) < 4.78 is 7.50.